The predicted molar refractivity (Wildman–Crippen MR) is 239 cm³/mol. The monoisotopic (exact) mass is 743 g/mol. The van der Waals surface area contributed by atoms with Crippen LogP contribution in [-0.4, -0.2) is 9.13 Å². The molecule has 7 aromatic carbocycles. The van der Waals surface area contributed by atoms with E-state index in [-0.39, 0.29) is 0 Å². The minimum atomic E-state index is 0.671. The first-order valence-corrected chi connectivity index (χ1v) is 19.9. The first-order valence-electron chi connectivity index (χ1n) is 19.1. The number of nitriles is 1. The summed E-state index contributed by atoms with van der Waals surface area (Å²) in [4.78, 5) is 2.25. The van der Waals surface area contributed by atoms with Gasteiger partial charge in [0.05, 0.1) is 39.1 Å². The number of benzene rings is 7. The van der Waals surface area contributed by atoms with E-state index in [1.54, 1.807) is 11.8 Å². The molecule has 0 amide bonds. The number of para-hydroxylation sites is 3. The van der Waals surface area contributed by atoms with Gasteiger partial charge >= 0.3 is 0 Å². The summed E-state index contributed by atoms with van der Waals surface area (Å²) < 4.78 is 11.2. The third kappa shape index (κ3) is 6.34. The maximum atomic E-state index is 9.16. The molecule has 10 rings (SSSR count). The van der Waals surface area contributed by atoms with Gasteiger partial charge in [-0.2, -0.15) is 5.26 Å². The molecule has 3 aromatic heterocycles. The van der Waals surface area contributed by atoms with Crippen molar-refractivity contribution in [3.8, 4) is 17.4 Å². The van der Waals surface area contributed by atoms with Crippen LogP contribution in [0.2, 0.25) is 0 Å². The molecule has 5 heteroatoms. The van der Waals surface area contributed by atoms with Crippen molar-refractivity contribution in [1.82, 2.24) is 9.13 Å². The van der Waals surface area contributed by atoms with E-state index < -0.39 is 0 Å². The second-order valence-corrected chi connectivity index (χ2v) is 14.2. The van der Waals surface area contributed by atoms with E-state index in [2.05, 4.69) is 137 Å². The van der Waals surface area contributed by atoms with Gasteiger partial charge in [-0.15, -0.1) is 0 Å². The van der Waals surface area contributed by atoms with Gasteiger partial charge in [0.2, 0.25) is 0 Å². The lowest BCUT2D eigenvalue weighted by Crippen LogP contribution is -1.95. The Balaban J connectivity index is 0.000000507. The third-order valence-electron chi connectivity index (χ3n) is 9.89. The Kier molecular flexibility index (Phi) is 10.3. The van der Waals surface area contributed by atoms with Crippen molar-refractivity contribution in [1.29, 1.82) is 5.26 Å². The van der Waals surface area contributed by atoms with E-state index in [0.29, 0.717) is 5.56 Å². The Labute approximate surface area is 331 Å². The summed E-state index contributed by atoms with van der Waals surface area (Å²) in [6, 6.07) is 55.4. The quantitative estimate of drug-likeness (QED) is 0.165. The Morgan fingerprint density at radius 2 is 1.07 bits per heavy atom. The third-order valence-corrected chi connectivity index (χ3v) is 10.9. The summed E-state index contributed by atoms with van der Waals surface area (Å²) in [5, 5.41) is 16.3. The molecule has 0 unspecified atom stereocenters. The van der Waals surface area contributed by atoms with Gasteiger partial charge in [0.25, 0.3) is 0 Å². The highest BCUT2D eigenvalue weighted by Crippen LogP contribution is 2.45. The molecule has 0 aliphatic rings. The number of furan rings is 1. The maximum Gasteiger partial charge on any atom is 0.137 e. The zero-order chi connectivity index (χ0) is 38.6. The molecule has 0 atom stereocenters. The average Bonchev–Trinajstić information content (AvgIpc) is 3.92. The van der Waals surface area contributed by atoms with Crippen LogP contribution in [0.5, 0.6) is 0 Å². The number of aromatic nitrogens is 2. The summed E-state index contributed by atoms with van der Waals surface area (Å²) in [5.74, 6) is 0. The molecule has 0 fully saturated rings. The molecule has 0 N–H and O–H groups in total. The zero-order valence-electron chi connectivity index (χ0n) is 31.9. The maximum absolute atomic E-state index is 9.16. The van der Waals surface area contributed by atoms with Gasteiger partial charge in [-0.05, 0) is 111 Å². The molecule has 0 bridgehead atoms. The molecule has 0 saturated carbocycles. The van der Waals surface area contributed by atoms with E-state index in [9.17, 15) is 0 Å². The van der Waals surface area contributed by atoms with Crippen LogP contribution in [0.3, 0.4) is 0 Å². The van der Waals surface area contributed by atoms with Crippen LogP contribution in [-0.2, 0) is 0 Å². The number of hydrogen-bond donors (Lipinski definition) is 0. The Bertz CT molecular complexity index is 3070. The van der Waals surface area contributed by atoms with Crippen LogP contribution in [0.15, 0.2) is 190 Å². The van der Waals surface area contributed by atoms with Gasteiger partial charge in [-0.25, -0.2) is 0 Å². The first-order chi connectivity index (χ1) is 27.7. The fraction of sp³-hybridized carbons (Fsp3) is 0.0784. The van der Waals surface area contributed by atoms with Crippen molar-refractivity contribution in [3.05, 3.63) is 182 Å². The van der Waals surface area contributed by atoms with Gasteiger partial charge < -0.3 is 13.6 Å². The molecule has 4 nitrogen and oxygen atoms in total. The normalized spacial score (nSPS) is 11.5. The molecule has 0 radical (unpaired) electrons. The van der Waals surface area contributed by atoms with E-state index in [1.165, 1.54) is 38.1 Å². The second-order valence-electron chi connectivity index (χ2n) is 13.1. The van der Waals surface area contributed by atoms with Crippen molar-refractivity contribution in [2.45, 2.75) is 37.5 Å². The molecule has 0 aliphatic carbocycles. The molecule has 0 spiro atoms. The number of fused-ring (bicyclic) bond motifs is 11. The summed E-state index contributed by atoms with van der Waals surface area (Å²) in [7, 11) is 0. The summed E-state index contributed by atoms with van der Waals surface area (Å²) in [6.07, 6.45) is 8.00. The highest BCUT2D eigenvalue weighted by Gasteiger charge is 2.23. The van der Waals surface area contributed by atoms with Gasteiger partial charge in [0.1, 0.15) is 11.2 Å². The minimum absolute atomic E-state index is 0.671. The van der Waals surface area contributed by atoms with Crippen LogP contribution in [0.25, 0.3) is 76.9 Å². The average molecular weight is 744 g/mol. The zero-order valence-corrected chi connectivity index (χ0v) is 32.7. The smallest absolute Gasteiger partial charge is 0.137 e. The van der Waals surface area contributed by atoms with Crippen LogP contribution in [0.1, 0.15) is 33.3 Å². The van der Waals surface area contributed by atoms with Crippen LogP contribution < -0.4 is 0 Å². The lowest BCUT2D eigenvalue weighted by Gasteiger charge is -2.10. The lowest BCUT2D eigenvalue weighted by atomic mass is 10.0. The number of hydrogen-bond acceptors (Lipinski definition) is 3. The summed E-state index contributed by atoms with van der Waals surface area (Å²) >= 11 is 1.70. The largest absolute Gasteiger partial charge is 0.456 e. The standard InChI is InChI=1S/C43H25N3OS.C6H10.C2H6/c44-26-27-14-18-30(19-15-27)48-31-20-16-29(17-21-31)45-35-12-6-4-10-32(35)40-36(45)23-24-37-41(40)34-22-25-39-42(33-11-5-7-13-38(33)47-39)43(34)46(37)28-8-2-1-3-9-28;1-3-5-6-4-2;1-2/h1-25H;3-6H,1-2H3;1-2H3/b;5-3-,6-4-;. The Morgan fingerprint density at radius 3 is 1.75 bits per heavy atom. The van der Waals surface area contributed by atoms with Crippen LogP contribution >= 0.6 is 11.8 Å². The van der Waals surface area contributed by atoms with Crippen molar-refractivity contribution in [2.24, 2.45) is 0 Å². The molecule has 0 saturated heterocycles. The molecule has 3 heterocycles. The molecule has 56 heavy (non-hydrogen) atoms. The summed E-state index contributed by atoms with van der Waals surface area (Å²) in [6.45, 7) is 8.00. The summed E-state index contributed by atoms with van der Waals surface area (Å²) in [5.41, 5.74) is 9.35. The number of rotatable bonds is 5. The van der Waals surface area contributed by atoms with E-state index in [4.69, 9.17) is 9.68 Å². The van der Waals surface area contributed by atoms with Gasteiger partial charge in [0, 0.05) is 48.1 Å². The fourth-order valence-electron chi connectivity index (χ4n) is 7.60. The van der Waals surface area contributed by atoms with E-state index >= 15 is 0 Å². The lowest BCUT2D eigenvalue weighted by molar-refractivity contribution is 0.669. The predicted octanol–water partition coefficient (Wildman–Crippen LogP) is 15.0. The molecular weight excluding hydrogens is 703 g/mol. The number of allylic oxidation sites excluding steroid dienone is 4. The number of nitrogens with zero attached hydrogens (tertiary/aromatic N) is 3. The second kappa shape index (κ2) is 15.9. The van der Waals surface area contributed by atoms with Crippen molar-refractivity contribution in [3.63, 3.8) is 0 Å². The van der Waals surface area contributed by atoms with Gasteiger partial charge in [-0.3, -0.25) is 0 Å². The van der Waals surface area contributed by atoms with Crippen molar-refractivity contribution < 1.29 is 4.42 Å². The Morgan fingerprint density at radius 1 is 0.500 bits per heavy atom. The first kappa shape index (κ1) is 36.2. The molecule has 10 aromatic rings. The van der Waals surface area contributed by atoms with E-state index in [0.717, 1.165) is 48.6 Å². The molecular formula is C51H41N3OS. The Hall–Kier alpha value is -6.74. The van der Waals surface area contributed by atoms with Crippen LogP contribution in [0.4, 0.5) is 0 Å². The SMILES string of the molecule is C/C=C\C=C/C.CC.N#Cc1ccc(Sc2ccc(-n3c4ccccc4c4c5c6ccc7oc8ccccc8c7c6n(-c6ccccc6)c5ccc43)cc2)cc1. The fourth-order valence-corrected chi connectivity index (χ4v) is 8.42. The van der Waals surface area contributed by atoms with Crippen molar-refractivity contribution in [2.75, 3.05) is 0 Å². The van der Waals surface area contributed by atoms with Crippen molar-refractivity contribution >= 4 is 77.3 Å². The van der Waals surface area contributed by atoms with Gasteiger partial charge in [-0.1, -0.05) is 105 Å². The van der Waals surface area contributed by atoms with E-state index in [1.807, 2.05) is 82.3 Å². The highest BCUT2D eigenvalue weighted by atomic mass is 32.2. The minimum Gasteiger partial charge on any atom is -0.456 e. The topological polar surface area (TPSA) is 46.8 Å². The molecule has 0 aliphatic heterocycles. The van der Waals surface area contributed by atoms with Crippen LogP contribution in [0, 0.1) is 11.3 Å². The molecule has 272 valence electrons. The van der Waals surface area contributed by atoms with Gasteiger partial charge in [0.15, 0.2) is 0 Å². The highest BCUT2D eigenvalue weighted by molar-refractivity contribution is 7.99.